The SMILES string of the molecule is CC=C1CCC2C3=Nc4ccccc4C34CC(CC4OC(C)=O)N2C1. The van der Waals surface area contributed by atoms with Gasteiger partial charge in [0.25, 0.3) is 0 Å². The molecule has 1 aromatic carbocycles. The third-order valence-electron chi connectivity index (χ3n) is 6.70. The van der Waals surface area contributed by atoms with E-state index in [4.69, 9.17) is 9.73 Å². The summed E-state index contributed by atoms with van der Waals surface area (Å²) in [5.74, 6) is -0.178. The van der Waals surface area contributed by atoms with Crippen molar-refractivity contribution in [1.29, 1.82) is 0 Å². The minimum absolute atomic E-state index is 0.0861. The smallest absolute Gasteiger partial charge is 0.302 e. The van der Waals surface area contributed by atoms with E-state index in [-0.39, 0.29) is 17.5 Å². The number of para-hydroxylation sites is 1. The number of ether oxygens (including phenoxy) is 1. The molecule has 4 aliphatic rings. The number of aliphatic imine (C=N–C) groups is 1. The second-order valence-corrected chi connectivity index (χ2v) is 7.85. The van der Waals surface area contributed by atoms with Crippen molar-refractivity contribution in [3.63, 3.8) is 0 Å². The number of hydrogen-bond donors (Lipinski definition) is 0. The standard InChI is InChI=1S/C21H24N2O2/c1-3-14-8-9-18-20-21(16-6-4-5-7-17(16)22-20)11-15(23(18)12-14)10-19(21)25-13(2)24/h3-7,15,18-19H,8-12H2,1-2H3. The molecule has 3 fully saturated rings. The van der Waals surface area contributed by atoms with Gasteiger partial charge in [-0.3, -0.25) is 14.7 Å². The molecular formula is C21H24N2O2. The lowest BCUT2D eigenvalue weighted by atomic mass is 9.68. The van der Waals surface area contributed by atoms with Crippen LogP contribution in [0.5, 0.6) is 0 Å². The van der Waals surface area contributed by atoms with Crippen molar-refractivity contribution in [3.8, 4) is 0 Å². The Morgan fingerprint density at radius 1 is 1.40 bits per heavy atom. The Hall–Kier alpha value is -1.94. The van der Waals surface area contributed by atoms with Crippen LogP contribution in [0.25, 0.3) is 0 Å². The number of carbonyl (C=O) groups excluding carboxylic acids is 1. The van der Waals surface area contributed by atoms with Crippen LogP contribution in [0.2, 0.25) is 0 Å². The van der Waals surface area contributed by atoms with E-state index >= 15 is 0 Å². The number of hydrogen-bond acceptors (Lipinski definition) is 4. The van der Waals surface area contributed by atoms with Crippen molar-refractivity contribution in [1.82, 2.24) is 4.90 Å². The highest BCUT2D eigenvalue weighted by atomic mass is 16.5. The number of esters is 1. The fourth-order valence-corrected chi connectivity index (χ4v) is 5.70. The monoisotopic (exact) mass is 336 g/mol. The van der Waals surface area contributed by atoms with Crippen molar-refractivity contribution in [3.05, 3.63) is 41.5 Å². The molecule has 1 spiro atoms. The van der Waals surface area contributed by atoms with Gasteiger partial charge in [-0.25, -0.2) is 0 Å². The number of rotatable bonds is 1. The van der Waals surface area contributed by atoms with Gasteiger partial charge in [0.2, 0.25) is 0 Å². The highest BCUT2D eigenvalue weighted by Crippen LogP contribution is 2.57. The van der Waals surface area contributed by atoms with Gasteiger partial charge in [0.05, 0.1) is 22.9 Å². The molecule has 1 aromatic rings. The van der Waals surface area contributed by atoms with Crippen LogP contribution in [-0.4, -0.2) is 41.3 Å². The maximum absolute atomic E-state index is 11.8. The van der Waals surface area contributed by atoms with E-state index < -0.39 is 0 Å². The Kier molecular flexibility index (Phi) is 3.23. The summed E-state index contributed by atoms with van der Waals surface area (Å²) in [6, 6.07) is 9.31. The molecule has 130 valence electrons. The molecule has 0 N–H and O–H groups in total. The van der Waals surface area contributed by atoms with Gasteiger partial charge in [-0.2, -0.15) is 0 Å². The number of nitrogens with zero attached hydrogens (tertiary/aromatic N) is 2. The largest absolute Gasteiger partial charge is 0.461 e. The van der Waals surface area contributed by atoms with Gasteiger partial charge in [0.15, 0.2) is 0 Å². The van der Waals surface area contributed by atoms with Gasteiger partial charge < -0.3 is 4.74 Å². The van der Waals surface area contributed by atoms with Crippen LogP contribution in [0.15, 0.2) is 40.9 Å². The van der Waals surface area contributed by atoms with E-state index in [0.29, 0.717) is 12.1 Å². The Morgan fingerprint density at radius 3 is 3.04 bits per heavy atom. The molecule has 4 heteroatoms. The van der Waals surface area contributed by atoms with Crippen molar-refractivity contribution >= 4 is 17.4 Å². The van der Waals surface area contributed by atoms with Gasteiger partial charge in [-0.15, -0.1) is 0 Å². The maximum Gasteiger partial charge on any atom is 0.302 e. The predicted octanol–water partition coefficient (Wildman–Crippen LogP) is 3.53. The van der Waals surface area contributed by atoms with E-state index in [0.717, 1.165) is 37.9 Å². The quantitative estimate of drug-likeness (QED) is 0.582. The van der Waals surface area contributed by atoms with Gasteiger partial charge in [0.1, 0.15) is 6.10 Å². The summed E-state index contributed by atoms with van der Waals surface area (Å²) in [6.45, 7) is 4.70. The Bertz CT molecular complexity index is 812. The van der Waals surface area contributed by atoms with Crippen molar-refractivity contribution in [2.75, 3.05) is 6.54 Å². The summed E-state index contributed by atoms with van der Waals surface area (Å²) in [6.07, 6.45) is 6.39. The second kappa shape index (κ2) is 5.28. The van der Waals surface area contributed by atoms with Crippen LogP contribution in [-0.2, 0) is 14.9 Å². The minimum Gasteiger partial charge on any atom is -0.461 e. The van der Waals surface area contributed by atoms with E-state index in [2.05, 4.69) is 42.2 Å². The fraction of sp³-hybridized carbons (Fsp3) is 0.524. The molecule has 0 radical (unpaired) electrons. The molecule has 0 aromatic heterocycles. The molecule has 2 bridgehead atoms. The Balaban J connectivity index is 1.65. The minimum atomic E-state index is -0.193. The molecule has 1 aliphatic carbocycles. The first-order valence-corrected chi connectivity index (χ1v) is 9.39. The third kappa shape index (κ3) is 1.97. The number of piperidine rings is 2. The van der Waals surface area contributed by atoms with Crippen molar-refractivity contribution in [2.45, 2.75) is 63.1 Å². The average Bonchev–Trinajstić information content (AvgIpc) is 3.12. The van der Waals surface area contributed by atoms with Crippen LogP contribution >= 0.6 is 0 Å². The molecular weight excluding hydrogens is 312 g/mol. The molecule has 0 amide bonds. The summed E-state index contributed by atoms with van der Waals surface area (Å²) < 4.78 is 5.88. The summed E-state index contributed by atoms with van der Waals surface area (Å²) in [4.78, 5) is 19.5. The lowest BCUT2D eigenvalue weighted by Gasteiger charge is -2.48. The number of allylic oxidation sites excluding steroid dienone is 1. The summed E-state index contributed by atoms with van der Waals surface area (Å²) in [5.41, 5.74) is 4.94. The first kappa shape index (κ1) is 15.3. The topological polar surface area (TPSA) is 41.9 Å². The molecule has 1 saturated carbocycles. The molecule has 25 heavy (non-hydrogen) atoms. The number of carbonyl (C=O) groups is 1. The van der Waals surface area contributed by atoms with E-state index in [1.54, 1.807) is 0 Å². The Morgan fingerprint density at radius 2 is 2.24 bits per heavy atom. The predicted molar refractivity (Wildman–Crippen MR) is 97.3 cm³/mol. The van der Waals surface area contributed by atoms with Crippen molar-refractivity contribution in [2.24, 2.45) is 4.99 Å². The van der Waals surface area contributed by atoms with Crippen LogP contribution in [0, 0.1) is 0 Å². The molecule has 4 atom stereocenters. The number of fused-ring (bicyclic) bond motifs is 5. The molecule has 5 rings (SSSR count). The highest BCUT2D eigenvalue weighted by molar-refractivity contribution is 6.07. The van der Waals surface area contributed by atoms with E-state index in [9.17, 15) is 4.79 Å². The third-order valence-corrected chi connectivity index (χ3v) is 6.70. The molecule has 2 saturated heterocycles. The van der Waals surface area contributed by atoms with Gasteiger partial charge in [-0.1, -0.05) is 29.8 Å². The summed E-state index contributed by atoms with van der Waals surface area (Å²) in [7, 11) is 0. The summed E-state index contributed by atoms with van der Waals surface area (Å²) in [5, 5.41) is 0. The second-order valence-electron chi connectivity index (χ2n) is 7.85. The molecule has 3 heterocycles. The first-order chi connectivity index (χ1) is 12.1. The van der Waals surface area contributed by atoms with Crippen LogP contribution in [0.4, 0.5) is 5.69 Å². The lowest BCUT2D eigenvalue weighted by Crippen LogP contribution is -2.59. The average molecular weight is 336 g/mol. The zero-order chi connectivity index (χ0) is 17.2. The van der Waals surface area contributed by atoms with Crippen LogP contribution in [0.3, 0.4) is 0 Å². The van der Waals surface area contributed by atoms with Crippen LogP contribution in [0.1, 0.15) is 45.1 Å². The maximum atomic E-state index is 11.8. The zero-order valence-electron chi connectivity index (χ0n) is 14.9. The fourth-order valence-electron chi connectivity index (χ4n) is 5.70. The van der Waals surface area contributed by atoms with E-state index in [1.807, 2.05) is 0 Å². The van der Waals surface area contributed by atoms with E-state index in [1.165, 1.54) is 23.8 Å². The normalized spacial score (nSPS) is 37.3. The molecule has 3 aliphatic heterocycles. The molecule has 4 nitrogen and oxygen atoms in total. The lowest BCUT2D eigenvalue weighted by molar-refractivity contribution is -0.147. The Labute approximate surface area is 148 Å². The van der Waals surface area contributed by atoms with Crippen molar-refractivity contribution < 1.29 is 9.53 Å². The summed E-state index contributed by atoms with van der Waals surface area (Å²) >= 11 is 0. The van der Waals surface area contributed by atoms with Crippen LogP contribution < -0.4 is 0 Å². The highest BCUT2D eigenvalue weighted by Gasteiger charge is 2.64. The molecule has 4 unspecified atom stereocenters. The first-order valence-electron chi connectivity index (χ1n) is 9.39. The van der Waals surface area contributed by atoms with Gasteiger partial charge >= 0.3 is 5.97 Å². The van der Waals surface area contributed by atoms with Gasteiger partial charge in [0, 0.05) is 25.9 Å². The number of benzene rings is 1. The van der Waals surface area contributed by atoms with Gasteiger partial charge in [-0.05, 0) is 37.8 Å². The zero-order valence-corrected chi connectivity index (χ0v) is 14.9.